The SMILES string of the molecule is CS(=O)(=O)c1ccc(OCC2CC2)c(B2CCCNCCC2)c1. The highest BCUT2D eigenvalue weighted by molar-refractivity contribution is 7.90. The highest BCUT2D eigenvalue weighted by Gasteiger charge is 2.26. The quantitative estimate of drug-likeness (QED) is 0.836. The molecule has 1 aromatic carbocycles. The van der Waals surface area contributed by atoms with E-state index in [1.165, 1.54) is 19.1 Å². The fourth-order valence-corrected chi connectivity index (χ4v) is 3.88. The molecule has 126 valence electrons. The summed E-state index contributed by atoms with van der Waals surface area (Å²) in [4.78, 5) is 0.409. The Balaban J connectivity index is 1.87. The molecule has 3 rings (SSSR count). The van der Waals surface area contributed by atoms with Crippen LogP contribution in [0.25, 0.3) is 0 Å². The van der Waals surface area contributed by atoms with Crippen molar-refractivity contribution in [2.45, 2.75) is 43.2 Å². The Morgan fingerprint density at radius 3 is 2.52 bits per heavy atom. The number of nitrogens with one attached hydrogen (secondary N) is 1. The van der Waals surface area contributed by atoms with Crippen LogP contribution in [0.1, 0.15) is 25.7 Å². The van der Waals surface area contributed by atoms with Crippen molar-refractivity contribution in [3.63, 3.8) is 0 Å². The Morgan fingerprint density at radius 1 is 1.22 bits per heavy atom. The minimum atomic E-state index is -3.18. The first kappa shape index (κ1) is 16.8. The molecular formula is C17H26BNO3S. The van der Waals surface area contributed by atoms with Crippen LogP contribution in [0, 0.1) is 5.92 Å². The second-order valence-electron chi connectivity index (χ2n) is 6.96. The molecule has 2 fully saturated rings. The fourth-order valence-electron chi connectivity index (χ4n) is 3.23. The molecular weight excluding hydrogens is 309 g/mol. The summed E-state index contributed by atoms with van der Waals surface area (Å²) in [5.74, 6) is 1.59. The van der Waals surface area contributed by atoms with Crippen molar-refractivity contribution >= 4 is 22.0 Å². The van der Waals surface area contributed by atoms with Crippen LogP contribution in [0.4, 0.5) is 0 Å². The number of sulfone groups is 1. The van der Waals surface area contributed by atoms with Gasteiger partial charge in [-0.25, -0.2) is 8.42 Å². The maximum atomic E-state index is 11.9. The topological polar surface area (TPSA) is 55.4 Å². The molecule has 1 saturated heterocycles. The lowest BCUT2D eigenvalue weighted by molar-refractivity contribution is 0.302. The van der Waals surface area contributed by atoms with Crippen molar-refractivity contribution in [1.29, 1.82) is 0 Å². The lowest BCUT2D eigenvalue weighted by Crippen LogP contribution is -2.35. The van der Waals surface area contributed by atoms with Gasteiger partial charge in [-0.15, -0.1) is 0 Å². The lowest BCUT2D eigenvalue weighted by Gasteiger charge is -2.21. The van der Waals surface area contributed by atoms with Crippen LogP contribution in [0.3, 0.4) is 0 Å². The Hall–Kier alpha value is -1.01. The summed E-state index contributed by atoms with van der Waals surface area (Å²) in [5.41, 5.74) is 1.09. The van der Waals surface area contributed by atoms with Crippen molar-refractivity contribution < 1.29 is 13.2 Å². The molecule has 0 bridgehead atoms. The van der Waals surface area contributed by atoms with E-state index in [-0.39, 0.29) is 0 Å². The molecule has 1 N–H and O–H groups in total. The molecule has 1 saturated carbocycles. The molecule has 2 aliphatic rings. The van der Waals surface area contributed by atoms with Crippen LogP contribution < -0.4 is 15.5 Å². The van der Waals surface area contributed by atoms with Gasteiger partial charge in [0.25, 0.3) is 0 Å². The number of hydrogen-bond acceptors (Lipinski definition) is 4. The molecule has 0 unspecified atom stereocenters. The predicted octanol–water partition coefficient (Wildman–Crippen LogP) is 1.96. The first-order chi connectivity index (χ1) is 11.0. The van der Waals surface area contributed by atoms with Gasteiger partial charge in [0.05, 0.1) is 11.5 Å². The van der Waals surface area contributed by atoms with E-state index in [9.17, 15) is 8.42 Å². The van der Waals surface area contributed by atoms with Crippen LogP contribution in [-0.4, -0.2) is 41.1 Å². The van der Waals surface area contributed by atoms with Crippen LogP contribution in [0.5, 0.6) is 5.75 Å². The van der Waals surface area contributed by atoms with E-state index < -0.39 is 9.84 Å². The van der Waals surface area contributed by atoms with Gasteiger partial charge in [0.15, 0.2) is 16.6 Å². The first-order valence-corrected chi connectivity index (χ1v) is 10.6. The molecule has 0 aromatic heterocycles. The minimum Gasteiger partial charge on any atom is -0.494 e. The van der Waals surface area contributed by atoms with Gasteiger partial charge in [0, 0.05) is 6.26 Å². The van der Waals surface area contributed by atoms with Crippen molar-refractivity contribution in [3.8, 4) is 5.75 Å². The molecule has 0 radical (unpaired) electrons. The van der Waals surface area contributed by atoms with Crippen LogP contribution >= 0.6 is 0 Å². The zero-order chi connectivity index (χ0) is 16.3. The van der Waals surface area contributed by atoms with E-state index in [1.54, 1.807) is 6.07 Å². The molecule has 1 aliphatic carbocycles. The summed E-state index contributed by atoms with van der Waals surface area (Å²) in [6.07, 6.45) is 8.20. The van der Waals surface area contributed by atoms with E-state index in [1.807, 2.05) is 12.1 Å². The predicted molar refractivity (Wildman–Crippen MR) is 94.9 cm³/mol. The zero-order valence-corrected chi connectivity index (χ0v) is 14.7. The van der Waals surface area contributed by atoms with Gasteiger partial charge in [-0.05, 0) is 68.4 Å². The van der Waals surface area contributed by atoms with Crippen molar-refractivity contribution in [2.24, 2.45) is 5.92 Å². The number of rotatable bonds is 5. The van der Waals surface area contributed by atoms with E-state index >= 15 is 0 Å². The maximum absolute atomic E-state index is 11.9. The third-order valence-corrected chi connectivity index (χ3v) is 5.94. The molecule has 6 heteroatoms. The molecule has 23 heavy (non-hydrogen) atoms. The normalized spacial score (nSPS) is 20.0. The standard InChI is InChI=1S/C17H26BNO3S/c1-23(20,21)15-6-7-17(22-13-14-4-5-14)16(12-15)18-8-2-10-19-11-3-9-18/h6-7,12,14,19H,2-5,8-11,13H2,1H3. The molecule has 1 aliphatic heterocycles. The van der Waals surface area contributed by atoms with Crippen molar-refractivity contribution in [1.82, 2.24) is 5.32 Å². The first-order valence-electron chi connectivity index (χ1n) is 8.71. The van der Waals surface area contributed by atoms with Crippen molar-refractivity contribution in [3.05, 3.63) is 18.2 Å². The van der Waals surface area contributed by atoms with E-state index in [2.05, 4.69) is 5.32 Å². The maximum Gasteiger partial charge on any atom is 0.180 e. The van der Waals surface area contributed by atoms with E-state index in [4.69, 9.17) is 4.74 Å². The second kappa shape index (κ2) is 7.26. The van der Waals surface area contributed by atoms with Crippen LogP contribution in [-0.2, 0) is 9.84 Å². The van der Waals surface area contributed by atoms with Gasteiger partial charge in [0.1, 0.15) is 5.75 Å². The number of benzene rings is 1. The van der Waals surface area contributed by atoms with Crippen molar-refractivity contribution in [2.75, 3.05) is 26.0 Å². The molecule has 4 nitrogen and oxygen atoms in total. The van der Waals surface area contributed by atoms with Gasteiger partial charge >= 0.3 is 0 Å². The average Bonchev–Trinajstić information content (AvgIpc) is 3.28. The summed E-state index contributed by atoms with van der Waals surface area (Å²) < 4.78 is 29.9. The molecule has 0 atom stereocenters. The summed E-state index contributed by atoms with van der Waals surface area (Å²) in [6.45, 7) is 3.24. The van der Waals surface area contributed by atoms with E-state index in [0.717, 1.165) is 56.4 Å². The highest BCUT2D eigenvalue weighted by Crippen LogP contribution is 2.30. The van der Waals surface area contributed by atoms with Gasteiger partial charge in [-0.2, -0.15) is 0 Å². The monoisotopic (exact) mass is 335 g/mol. The van der Waals surface area contributed by atoms with Gasteiger partial charge < -0.3 is 10.1 Å². The summed E-state index contributed by atoms with van der Waals surface area (Å²) in [7, 11) is -3.18. The smallest absolute Gasteiger partial charge is 0.180 e. The Bertz CT molecular complexity index is 635. The molecule has 1 aromatic rings. The Morgan fingerprint density at radius 2 is 1.91 bits per heavy atom. The third kappa shape index (κ3) is 4.74. The van der Waals surface area contributed by atoms with Crippen LogP contribution in [0.2, 0.25) is 12.6 Å². The summed E-state index contributed by atoms with van der Waals surface area (Å²) in [5, 5.41) is 3.43. The number of hydrogen-bond donors (Lipinski definition) is 1. The Kier molecular flexibility index (Phi) is 5.32. The summed E-state index contributed by atoms with van der Waals surface area (Å²) >= 11 is 0. The Labute approximate surface area is 140 Å². The lowest BCUT2D eigenvalue weighted by atomic mass is 9.39. The van der Waals surface area contributed by atoms with E-state index in [0.29, 0.717) is 17.5 Å². The van der Waals surface area contributed by atoms with Gasteiger partial charge in [0.2, 0.25) is 0 Å². The highest BCUT2D eigenvalue weighted by atomic mass is 32.2. The molecule has 0 spiro atoms. The fraction of sp³-hybridized carbons (Fsp3) is 0.647. The second-order valence-corrected chi connectivity index (χ2v) is 8.97. The summed E-state index contributed by atoms with van der Waals surface area (Å²) in [6, 6.07) is 5.41. The average molecular weight is 335 g/mol. The largest absolute Gasteiger partial charge is 0.494 e. The molecule has 0 amide bonds. The van der Waals surface area contributed by atoms with Gasteiger partial charge in [-0.1, -0.05) is 12.6 Å². The van der Waals surface area contributed by atoms with Gasteiger partial charge in [-0.3, -0.25) is 0 Å². The third-order valence-electron chi connectivity index (χ3n) is 4.83. The zero-order valence-electron chi connectivity index (χ0n) is 13.9. The number of ether oxygens (including phenoxy) is 1. The minimum absolute atomic E-state index is 0.396. The molecule has 1 heterocycles. The van der Waals surface area contributed by atoms with Crippen LogP contribution in [0.15, 0.2) is 23.1 Å².